The molecule has 3 unspecified atom stereocenters. The molecule has 3 atom stereocenters. The van der Waals surface area contributed by atoms with Gasteiger partial charge in [-0.1, -0.05) is 6.92 Å². The molecule has 0 aromatic heterocycles. The van der Waals surface area contributed by atoms with Crippen molar-refractivity contribution in [3.63, 3.8) is 0 Å². The molecule has 0 aromatic rings. The molecule has 2 rings (SSSR count). The zero-order chi connectivity index (χ0) is 16.7. The molecule has 7 heteroatoms. The summed E-state index contributed by atoms with van der Waals surface area (Å²) in [5.41, 5.74) is 1.86. The van der Waals surface area contributed by atoms with E-state index in [-0.39, 0.29) is 12.0 Å². The summed E-state index contributed by atoms with van der Waals surface area (Å²) >= 11 is 0. The summed E-state index contributed by atoms with van der Waals surface area (Å²) in [6.45, 7) is 3.23. The number of carbonyl (C=O) groups is 2. The van der Waals surface area contributed by atoms with Gasteiger partial charge in [0.2, 0.25) is 5.91 Å². The number of nitrogens with one attached hydrogen (secondary N) is 1. The second kappa shape index (κ2) is 5.87. The van der Waals surface area contributed by atoms with Crippen molar-refractivity contribution in [2.24, 2.45) is 17.6 Å². The molecule has 1 fully saturated rings. The fourth-order valence-electron chi connectivity index (χ4n) is 3.25. The maximum atomic E-state index is 14.7. The van der Waals surface area contributed by atoms with Gasteiger partial charge in [0, 0.05) is 13.0 Å². The summed E-state index contributed by atoms with van der Waals surface area (Å²) in [6.07, 6.45) is 0.429. The molecule has 1 amide bonds. The Morgan fingerprint density at radius 1 is 1.41 bits per heavy atom. The van der Waals surface area contributed by atoms with Crippen LogP contribution in [0.5, 0.6) is 0 Å². The van der Waals surface area contributed by atoms with E-state index < -0.39 is 46.4 Å². The highest BCUT2D eigenvalue weighted by atomic mass is 19.2. The fraction of sp³-hybridized carbons (Fsp3) is 0.600. The number of amides is 1. The summed E-state index contributed by atoms with van der Waals surface area (Å²) in [7, 11) is 0. The molecule has 0 radical (unpaired) electrons. The second-order valence-electron chi connectivity index (χ2n) is 5.84. The number of allylic oxidation sites excluding steroid dienone is 3. The molecule has 0 saturated carbocycles. The number of alkyl halides is 1. The van der Waals surface area contributed by atoms with Crippen LogP contribution in [0.4, 0.5) is 13.2 Å². The van der Waals surface area contributed by atoms with Crippen LogP contribution in [-0.2, 0) is 9.59 Å². The number of rotatable bonds is 4. The third kappa shape index (κ3) is 2.47. The van der Waals surface area contributed by atoms with Crippen LogP contribution in [0.15, 0.2) is 22.8 Å². The number of carbonyl (C=O) groups excluding carboxylic acids is 2. The quantitative estimate of drug-likeness (QED) is 0.831. The van der Waals surface area contributed by atoms with E-state index in [4.69, 9.17) is 5.73 Å². The highest BCUT2D eigenvalue weighted by Crippen LogP contribution is 2.48. The van der Waals surface area contributed by atoms with E-state index in [1.165, 1.54) is 6.92 Å². The van der Waals surface area contributed by atoms with Crippen LogP contribution in [0.1, 0.15) is 26.7 Å². The third-order valence-electron chi connectivity index (χ3n) is 4.37. The first-order chi connectivity index (χ1) is 10.2. The van der Waals surface area contributed by atoms with Gasteiger partial charge in [0.25, 0.3) is 0 Å². The number of hydrogen-bond donors (Lipinski definition) is 2. The highest BCUT2D eigenvalue weighted by molar-refractivity contribution is 6.02. The zero-order valence-corrected chi connectivity index (χ0v) is 12.5. The molecule has 1 aliphatic carbocycles. The van der Waals surface area contributed by atoms with Crippen LogP contribution in [0, 0.1) is 11.8 Å². The molecule has 0 aromatic carbocycles. The van der Waals surface area contributed by atoms with E-state index in [1.807, 2.05) is 0 Å². The molecule has 3 N–H and O–H groups in total. The van der Waals surface area contributed by atoms with Crippen LogP contribution in [0.2, 0.25) is 0 Å². The Balaban J connectivity index is 2.73. The lowest BCUT2D eigenvalue weighted by Crippen LogP contribution is -2.46. The van der Waals surface area contributed by atoms with E-state index in [0.29, 0.717) is 19.5 Å². The molecule has 0 bridgehead atoms. The van der Waals surface area contributed by atoms with E-state index >= 15 is 0 Å². The van der Waals surface area contributed by atoms with Gasteiger partial charge in [0.15, 0.2) is 23.1 Å². The molecule has 0 spiro atoms. The SMILES string of the molecule is CCC(=O)C1=C(C2CCNC2)C(C(N)=O)C(C)(F)C(F)=C1F. The lowest BCUT2D eigenvalue weighted by atomic mass is 9.70. The van der Waals surface area contributed by atoms with Crippen LogP contribution in [-0.4, -0.2) is 30.4 Å². The number of primary amides is 1. The van der Waals surface area contributed by atoms with Gasteiger partial charge in [-0.05, 0) is 31.4 Å². The molecule has 122 valence electrons. The van der Waals surface area contributed by atoms with Gasteiger partial charge < -0.3 is 11.1 Å². The van der Waals surface area contributed by atoms with Crippen molar-refractivity contribution in [2.75, 3.05) is 13.1 Å². The van der Waals surface area contributed by atoms with Crippen molar-refractivity contribution in [1.82, 2.24) is 5.32 Å². The molecule has 1 saturated heterocycles. The Kier molecular flexibility index (Phi) is 4.47. The number of Topliss-reactive ketones (excluding diaryl/α,β-unsaturated/α-hetero) is 1. The molecule has 22 heavy (non-hydrogen) atoms. The lowest BCUT2D eigenvalue weighted by molar-refractivity contribution is -0.124. The largest absolute Gasteiger partial charge is 0.369 e. The standard InChI is InChI=1S/C15H19F3N2O2/c1-3-8(21)10-9(7-4-5-20-6-7)11(14(19)22)15(2,18)13(17)12(10)16/h7,11,20H,3-6H2,1-2H3,(H2,19,22). The van der Waals surface area contributed by atoms with Gasteiger partial charge in [-0.15, -0.1) is 0 Å². The Morgan fingerprint density at radius 2 is 2.05 bits per heavy atom. The third-order valence-corrected chi connectivity index (χ3v) is 4.37. The molecule has 2 aliphatic rings. The predicted octanol–water partition coefficient (Wildman–Crippen LogP) is 1.87. The first-order valence-electron chi connectivity index (χ1n) is 7.25. The molecular formula is C15H19F3N2O2. The fourth-order valence-corrected chi connectivity index (χ4v) is 3.25. The summed E-state index contributed by atoms with van der Waals surface area (Å²) < 4.78 is 43.2. The van der Waals surface area contributed by atoms with Crippen LogP contribution < -0.4 is 11.1 Å². The van der Waals surface area contributed by atoms with Crippen molar-refractivity contribution >= 4 is 11.7 Å². The normalized spacial score (nSPS) is 32.6. The summed E-state index contributed by atoms with van der Waals surface area (Å²) in [4.78, 5) is 23.8. The lowest BCUT2D eigenvalue weighted by Gasteiger charge is -2.36. The van der Waals surface area contributed by atoms with Crippen molar-refractivity contribution < 1.29 is 22.8 Å². The van der Waals surface area contributed by atoms with Gasteiger partial charge in [-0.2, -0.15) is 0 Å². The highest BCUT2D eigenvalue weighted by Gasteiger charge is 2.53. The first kappa shape index (κ1) is 16.7. The Bertz CT molecular complexity index is 575. The van der Waals surface area contributed by atoms with E-state index in [1.54, 1.807) is 0 Å². The van der Waals surface area contributed by atoms with E-state index in [9.17, 15) is 22.8 Å². The maximum absolute atomic E-state index is 14.7. The Morgan fingerprint density at radius 3 is 2.50 bits per heavy atom. The Labute approximate surface area is 126 Å². The summed E-state index contributed by atoms with van der Waals surface area (Å²) in [5, 5.41) is 3.01. The second-order valence-corrected chi connectivity index (χ2v) is 5.84. The molecular weight excluding hydrogens is 297 g/mol. The average Bonchev–Trinajstić information content (AvgIpc) is 2.97. The molecule has 1 aliphatic heterocycles. The number of halogens is 3. The minimum Gasteiger partial charge on any atom is -0.369 e. The van der Waals surface area contributed by atoms with Crippen LogP contribution >= 0.6 is 0 Å². The van der Waals surface area contributed by atoms with Crippen molar-refractivity contribution in [1.29, 1.82) is 0 Å². The van der Waals surface area contributed by atoms with Crippen molar-refractivity contribution in [3.05, 3.63) is 22.8 Å². The van der Waals surface area contributed by atoms with Gasteiger partial charge in [-0.3, -0.25) is 9.59 Å². The molecule has 4 nitrogen and oxygen atoms in total. The number of ketones is 1. The average molecular weight is 316 g/mol. The van der Waals surface area contributed by atoms with E-state index in [0.717, 1.165) is 6.92 Å². The topological polar surface area (TPSA) is 72.2 Å². The van der Waals surface area contributed by atoms with Crippen LogP contribution in [0.25, 0.3) is 0 Å². The van der Waals surface area contributed by atoms with Gasteiger partial charge in [0.1, 0.15) is 5.92 Å². The van der Waals surface area contributed by atoms with Crippen molar-refractivity contribution in [3.8, 4) is 0 Å². The first-order valence-corrected chi connectivity index (χ1v) is 7.25. The smallest absolute Gasteiger partial charge is 0.228 e. The minimum absolute atomic E-state index is 0.00625. The number of nitrogens with two attached hydrogens (primary N) is 1. The summed E-state index contributed by atoms with van der Waals surface area (Å²) in [6, 6.07) is 0. The monoisotopic (exact) mass is 316 g/mol. The van der Waals surface area contributed by atoms with E-state index in [2.05, 4.69) is 5.32 Å². The maximum Gasteiger partial charge on any atom is 0.228 e. The number of hydrogen-bond acceptors (Lipinski definition) is 3. The van der Waals surface area contributed by atoms with Crippen molar-refractivity contribution in [2.45, 2.75) is 32.4 Å². The van der Waals surface area contributed by atoms with Gasteiger partial charge >= 0.3 is 0 Å². The molecule has 1 heterocycles. The van der Waals surface area contributed by atoms with Crippen LogP contribution in [0.3, 0.4) is 0 Å². The minimum atomic E-state index is -2.88. The Hall–Kier alpha value is -1.63. The van der Waals surface area contributed by atoms with Gasteiger partial charge in [-0.25, -0.2) is 13.2 Å². The zero-order valence-electron chi connectivity index (χ0n) is 12.5. The predicted molar refractivity (Wildman–Crippen MR) is 74.7 cm³/mol. The van der Waals surface area contributed by atoms with Gasteiger partial charge in [0.05, 0.1) is 5.57 Å². The summed E-state index contributed by atoms with van der Waals surface area (Å²) in [5.74, 6) is -7.09.